The van der Waals surface area contributed by atoms with Crippen molar-refractivity contribution in [2.75, 3.05) is 11.9 Å². The number of nitrogens with zero attached hydrogens (tertiary/aromatic N) is 3. The molecule has 1 aromatic heterocycles. The molecule has 29 heavy (non-hydrogen) atoms. The van der Waals surface area contributed by atoms with Crippen molar-refractivity contribution < 1.29 is 18.8 Å². The summed E-state index contributed by atoms with van der Waals surface area (Å²) < 4.78 is 13.6. The van der Waals surface area contributed by atoms with Gasteiger partial charge in [-0.15, -0.1) is 10.2 Å². The van der Waals surface area contributed by atoms with E-state index in [0.29, 0.717) is 28.1 Å². The number of amides is 3. The van der Waals surface area contributed by atoms with Crippen molar-refractivity contribution in [2.45, 2.75) is 22.9 Å². The van der Waals surface area contributed by atoms with Crippen LogP contribution in [0.4, 0.5) is 9.52 Å². The number of halogens is 1. The van der Waals surface area contributed by atoms with Crippen molar-refractivity contribution in [3.05, 3.63) is 47.8 Å². The molecule has 10 heteroatoms. The zero-order chi connectivity index (χ0) is 20.4. The quantitative estimate of drug-likeness (QED) is 0.327. The fraction of sp³-hybridized carbons (Fsp3) is 0.316. The molecule has 7 nitrogen and oxygen atoms in total. The van der Waals surface area contributed by atoms with E-state index in [1.54, 1.807) is 12.1 Å². The number of allylic oxidation sites excluding steroid dienone is 2. The average Bonchev–Trinajstić information content (AvgIpc) is 3.26. The highest BCUT2D eigenvalue weighted by Crippen LogP contribution is 2.35. The Morgan fingerprint density at radius 1 is 1.14 bits per heavy atom. The zero-order valence-electron chi connectivity index (χ0n) is 15.2. The summed E-state index contributed by atoms with van der Waals surface area (Å²) in [6.07, 6.45) is 4.89. The first-order valence-corrected chi connectivity index (χ1v) is 10.8. The van der Waals surface area contributed by atoms with Crippen molar-refractivity contribution in [3.63, 3.8) is 0 Å². The molecular weight excluding hydrogens is 415 g/mol. The van der Waals surface area contributed by atoms with Gasteiger partial charge in [0.1, 0.15) is 12.4 Å². The standard InChI is InChI=1S/C19H17FN4O3S2/c20-12-7-5-11(6-8-12)10-28-19-23-22-18(29-19)21-15(25)9-24-16(26)13-3-1-2-4-14(13)17(24)27/h1-2,5-8,13-14H,3-4,9-10H2,(H,21,22,25)/t13-,14-/m1/s1. The lowest BCUT2D eigenvalue weighted by Gasteiger charge is -2.14. The number of benzene rings is 1. The van der Waals surface area contributed by atoms with Crippen LogP contribution in [0.5, 0.6) is 0 Å². The van der Waals surface area contributed by atoms with Crippen LogP contribution in [0.2, 0.25) is 0 Å². The number of nitrogens with one attached hydrogen (secondary N) is 1. The lowest BCUT2D eigenvalue weighted by atomic mass is 9.85. The first-order chi connectivity index (χ1) is 14.0. The van der Waals surface area contributed by atoms with E-state index in [4.69, 9.17) is 0 Å². The number of aromatic nitrogens is 2. The summed E-state index contributed by atoms with van der Waals surface area (Å²) in [5, 5.41) is 10.8. The summed E-state index contributed by atoms with van der Waals surface area (Å²) >= 11 is 2.62. The van der Waals surface area contributed by atoms with Crippen LogP contribution < -0.4 is 5.32 Å². The number of anilines is 1. The van der Waals surface area contributed by atoms with Gasteiger partial charge >= 0.3 is 0 Å². The zero-order valence-corrected chi connectivity index (χ0v) is 16.8. The topological polar surface area (TPSA) is 92.3 Å². The highest BCUT2D eigenvalue weighted by Gasteiger charge is 2.47. The predicted octanol–water partition coefficient (Wildman–Crippen LogP) is 2.86. The average molecular weight is 433 g/mol. The predicted molar refractivity (Wildman–Crippen MR) is 107 cm³/mol. The Kier molecular flexibility index (Phi) is 5.72. The van der Waals surface area contributed by atoms with Gasteiger partial charge in [0, 0.05) is 5.75 Å². The Morgan fingerprint density at radius 3 is 2.45 bits per heavy atom. The van der Waals surface area contributed by atoms with Crippen LogP contribution in [0.3, 0.4) is 0 Å². The number of hydrogen-bond donors (Lipinski definition) is 1. The Morgan fingerprint density at radius 2 is 1.79 bits per heavy atom. The van der Waals surface area contributed by atoms with Crippen molar-refractivity contribution in [2.24, 2.45) is 11.8 Å². The molecule has 0 radical (unpaired) electrons. The number of carbonyl (C=O) groups excluding carboxylic acids is 3. The maximum atomic E-state index is 12.9. The number of thioether (sulfide) groups is 1. The summed E-state index contributed by atoms with van der Waals surface area (Å²) in [7, 11) is 0. The maximum absolute atomic E-state index is 12.9. The van der Waals surface area contributed by atoms with Gasteiger partial charge in [-0.1, -0.05) is 47.4 Å². The van der Waals surface area contributed by atoms with E-state index >= 15 is 0 Å². The molecule has 2 atom stereocenters. The van der Waals surface area contributed by atoms with Crippen LogP contribution in [0.15, 0.2) is 40.8 Å². The normalized spacial score (nSPS) is 20.8. The minimum absolute atomic E-state index is 0.285. The summed E-state index contributed by atoms with van der Waals surface area (Å²) in [6.45, 7) is -0.317. The first kappa shape index (κ1) is 19.7. The molecule has 2 aliphatic rings. The molecule has 2 heterocycles. The third-order valence-corrected chi connectivity index (χ3v) is 6.87. The van der Waals surface area contributed by atoms with Crippen LogP contribution in [0.25, 0.3) is 0 Å². The summed E-state index contributed by atoms with van der Waals surface area (Å²) in [5.74, 6) is -1.45. The molecule has 1 fully saturated rings. The highest BCUT2D eigenvalue weighted by atomic mass is 32.2. The summed E-state index contributed by atoms with van der Waals surface area (Å²) in [4.78, 5) is 38.2. The molecule has 0 unspecified atom stereocenters. The van der Waals surface area contributed by atoms with Gasteiger partial charge in [0.05, 0.1) is 11.8 Å². The smallest absolute Gasteiger partial charge is 0.246 e. The lowest BCUT2D eigenvalue weighted by Crippen LogP contribution is -2.38. The van der Waals surface area contributed by atoms with E-state index in [9.17, 15) is 18.8 Å². The monoisotopic (exact) mass is 432 g/mol. The molecule has 0 spiro atoms. The SMILES string of the molecule is O=C(CN1C(=O)[C@@H]2CC=CC[C@H]2C1=O)Nc1nnc(SCc2ccc(F)cc2)s1. The third-order valence-electron chi connectivity index (χ3n) is 4.83. The number of likely N-dealkylation sites (tertiary alicyclic amines) is 1. The molecule has 2 aromatic rings. The van der Waals surface area contributed by atoms with Gasteiger partial charge in [-0.05, 0) is 30.5 Å². The summed E-state index contributed by atoms with van der Waals surface area (Å²) in [5.41, 5.74) is 0.944. The molecule has 1 N–H and O–H groups in total. The molecule has 150 valence electrons. The van der Waals surface area contributed by atoms with Gasteiger partial charge in [0.15, 0.2) is 4.34 Å². The van der Waals surface area contributed by atoms with Crippen LogP contribution in [0.1, 0.15) is 18.4 Å². The second-order valence-corrected chi connectivity index (χ2v) is 8.95. The first-order valence-electron chi connectivity index (χ1n) is 9.02. The van der Waals surface area contributed by atoms with Crippen LogP contribution in [0, 0.1) is 17.7 Å². The van der Waals surface area contributed by atoms with E-state index in [2.05, 4.69) is 15.5 Å². The van der Waals surface area contributed by atoms with Crippen LogP contribution >= 0.6 is 23.1 Å². The molecular formula is C19H17FN4O3S2. The van der Waals surface area contributed by atoms with Gasteiger partial charge in [-0.3, -0.25) is 24.6 Å². The van der Waals surface area contributed by atoms with Gasteiger partial charge in [-0.25, -0.2) is 4.39 Å². The van der Waals surface area contributed by atoms with Crippen molar-refractivity contribution in [3.8, 4) is 0 Å². The van der Waals surface area contributed by atoms with Gasteiger partial charge in [-0.2, -0.15) is 0 Å². The minimum Gasteiger partial charge on any atom is -0.299 e. The second-order valence-electron chi connectivity index (χ2n) is 6.75. The summed E-state index contributed by atoms with van der Waals surface area (Å²) in [6, 6.07) is 6.19. The van der Waals surface area contributed by atoms with E-state index < -0.39 is 5.91 Å². The molecule has 4 rings (SSSR count). The molecule has 1 saturated heterocycles. The largest absolute Gasteiger partial charge is 0.299 e. The van der Waals surface area contributed by atoms with Crippen molar-refractivity contribution in [1.29, 1.82) is 0 Å². The van der Waals surface area contributed by atoms with E-state index in [0.717, 1.165) is 10.5 Å². The van der Waals surface area contributed by atoms with Gasteiger partial charge in [0.25, 0.3) is 0 Å². The molecule has 1 aromatic carbocycles. The van der Waals surface area contributed by atoms with E-state index in [1.807, 2.05) is 12.2 Å². The van der Waals surface area contributed by atoms with E-state index in [-0.39, 0.29) is 36.0 Å². The molecule has 0 saturated carbocycles. The van der Waals surface area contributed by atoms with Crippen LogP contribution in [-0.2, 0) is 20.1 Å². The lowest BCUT2D eigenvalue weighted by molar-refractivity contribution is -0.142. The molecule has 3 amide bonds. The molecule has 1 aliphatic heterocycles. The number of fused-ring (bicyclic) bond motifs is 1. The Labute approximate surface area is 174 Å². The van der Waals surface area contributed by atoms with Crippen molar-refractivity contribution >= 4 is 46.0 Å². The fourth-order valence-electron chi connectivity index (χ4n) is 3.37. The number of rotatable bonds is 6. The molecule has 1 aliphatic carbocycles. The van der Waals surface area contributed by atoms with Gasteiger partial charge in [0.2, 0.25) is 22.9 Å². The van der Waals surface area contributed by atoms with Crippen molar-refractivity contribution in [1.82, 2.24) is 15.1 Å². The fourth-order valence-corrected chi connectivity index (χ4v) is 5.10. The Bertz CT molecular complexity index is 950. The van der Waals surface area contributed by atoms with E-state index in [1.165, 1.54) is 35.2 Å². The van der Waals surface area contributed by atoms with Gasteiger partial charge < -0.3 is 0 Å². The number of hydrogen-bond acceptors (Lipinski definition) is 7. The number of carbonyl (C=O) groups is 3. The van der Waals surface area contributed by atoms with Crippen LogP contribution in [-0.4, -0.2) is 39.4 Å². The second kappa shape index (κ2) is 8.42. The Balaban J connectivity index is 1.31. The molecule has 0 bridgehead atoms. The number of imide groups is 1. The maximum Gasteiger partial charge on any atom is 0.246 e. The minimum atomic E-state index is -0.482. The highest BCUT2D eigenvalue weighted by molar-refractivity contribution is 8.00. The Hall–Kier alpha value is -2.59. The third kappa shape index (κ3) is 4.38.